The summed E-state index contributed by atoms with van der Waals surface area (Å²) in [6, 6.07) is 0. The summed E-state index contributed by atoms with van der Waals surface area (Å²) in [5.74, 6) is 0.251. The molecule has 0 aromatic carbocycles. The molecule has 278 valence electrons. The van der Waals surface area contributed by atoms with Crippen LogP contribution in [0.2, 0.25) is 0 Å². The molecule has 3 aliphatic rings. The lowest BCUT2D eigenvalue weighted by atomic mass is 9.52. The maximum Gasteiger partial charge on any atom is 0.407 e. The Morgan fingerprint density at radius 3 is 1.84 bits per heavy atom. The van der Waals surface area contributed by atoms with Crippen LogP contribution in [-0.4, -0.2) is 74.7 Å². The number of aryl methyl sites for hydroxylation is 1. The van der Waals surface area contributed by atoms with Crippen molar-refractivity contribution in [3.8, 4) is 0 Å². The van der Waals surface area contributed by atoms with Gasteiger partial charge in [0, 0.05) is 63.9 Å². The van der Waals surface area contributed by atoms with Gasteiger partial charge in [-0.15, -0.1) is 0 Å². The third-order valence-corrected chi connectivity index (χ3v) is 10.0. The molecule has 3 saturated carbocycles. The molecule has 0 spiro atoms. The number of imidazole rings is 1. The zero-order valence-electron chi connectivity index (χ0n) is 30.4. The molecule has 0 radical (unpaired) electrons. The summed E-state index contributed by atoms with van der Waals surface area (Å²) in [7, 11) is 0. The molecular formula is C35H56N8O7. The molecule has 0 aliphatic heterocycles. The smallest absolute Gasteiger partial charge is 0.407 e. The van der Waals surface area contributed by atoms with E-state index in [1.54, 1.807) is 25.3 Å². The Balaban J connectivity index is 1.15. The highest BCUT2D eigenvalue weighted by molar-refractivity contribution is 5.79. The van der Waals surface area contributed by atoms with Crippen LogP contribution in [0.3, 0.4) is 0 Å². The number of amides is 4. The van der Waals surface area contributed by atoms with Crippen LogP contribution in [-0.2, 0) is 37.6 Å². The molecule has 5 rings (SSSR count). The van der Waals surface area contributed by atoms with Gasteiger partial charge >= 0.3 is 11.8 Å². The molecule has 2 aromatic heterocycles. The number of carbonyl (C=O) groups excluding carboxylic acids is 4. The third kappa shape index (κ3) is 9.75. The minimum absolute atomic E-state index is 0.0437. The molecule has 0 unspecified atom stereocenters. The van der Waals surface area contributed by atoms with E-state index in [0.717, 1.165) is 57.2 Å². The van der Waals surface area contributed by atoms with Gasteiger partial charge in [-0.25, -0.2) is 14.6 Å². The second-order valence-electron chi connectivity index (χ2n) is 14.9. The summed E-state index contributed by atoms with van der Waals surface area (Å²) in [6.45, 7) is 11.0. The Labute approximate surface area is 293 Å². The molecule has 2 bridgehead atoms. The fourth-order valence-electron chi connectivity index (χ4n) is 7.21. The van der Waals surface area contributed by atoms with Crippen LogP contribution in [0.1, 0.15) is 117 Å². The van der Waals surface area contributed by atoms with Crippen molar-refractivity contribution < 1.29 is 23.9 Å². The Morgan fingerprint density at radius 1 is 0.760 bits per heavy atom. The minimum Gasteiger partial charge on any atom is -0.444 e. The number of hydrogen-bond acceptors (Lipinski definition) is 8. The second-order valence-corrected chi connectivity index (χ2v) is 14.9. The van der Waals surface area contributed by atoms with Gasteiger partial charge in [-0.3, -0.25) is 28.3 Å². The van der Waals surface area contributed by atoms with E-state index in [1.165, 1.54) is 4.57 Å². The Kier molecular flexibility index (Phi) is 12.9. The predicted octanol–water partition coefficient (Wildman–Crippen LogP) is 2.73. The van der Waals surface area contributed by atoms with Crippen molar-refractivity contribution in [1.82, 2.24) is 40.4 Å². The first-order valence-electron chi connectivity index (χ1n) is 18.2. The SMILES string of the molecule is CCCn1c(=O)c2[nH]c(C34CCC(CCC(=O)NCCNC(=O)CCNC(=O)CCNC(=O)OC(C)(C)C)(CC3)CC4)nc2n(CCC)c1=O. The average molecular weight is 701 g/mol. The number of alkyl carbamates (subject to hydrolysis) is 1. The van der Waals surface area contributed by atoms with Crippen LogP contribution < -0.4 is 32.5 Å². The molecule has 5 N–H and O–H groups in total. The van der Waals surface area contributed by atoms with Crippen LogP contribution >= 0.6 is 0 Å². The predicted molar refractivity (Wildman–Crippen MR) is 189 cm³/mol. The second kappa shape index (κ2) is 16.7. The quantitative estimate of drug-likeness (QED) is 0.155. The Morgan fingerprint density at radius 2 is 1.28 bits per heavy atom. The molecule has 3 fully saturated rings. The van der Waals surface area contributed by atoms with Gasteiger partial charge in [0.15, 0.2) is 5.65 Å². The molecule has 15 nitrogen and oxygen atoms in total. The molecule has 3 aliphatic carbocycles. The summed E-state index contributed by atoms with van der Waals surface area (Å²) in [6.07, 6.45) is 7.96. The number of rotatable bonds is 17. The number of hydrogen-bond donors (Lipinski definition) is 5. The Hall–Kier alpha value is -4.17. The summed E-state index contributed by atoms with van der Waals surface area (Å²) in [4.78, 5) is 83.0. The van der Waals surface area contributed by atoms with Gasteiger partial charge in [-0.05, 0) is 84.0 Å². The normalized spacial score (nSPS) is 20.0. The van der Waals surface area contributed by atoms with Crippen LogP contribution in [0, 0.1) is 5.41 Å². The van der Waals surface area contributed by atoms with Gasteiger partial charge in [0.1, 0.15) is 16.9 Å². The first-order chi connectivity index (χ1) is 23.7. The van der Waals surface area contributed by atoms with E-state index in [0.29, 0.717) is 50.2 Å². The minimum atomic E-state index is -0.615. The van der Waals surface area contributed by atoms with Gasteiger partial charge < -0.3 is 31.0 Å². The monoisotopic (exact) mass is 700 g/mol. The first kappa shape index (κ1) is 38.6. The third-order valence-electron chi connectivity index (χ3n) is 10.0. The van der Waals surface area contributed by atoms with E-state index >= 15 is 0 Å². The number of fused-ring (bicyclic) bond motifs is 4. The van der Waals surface area contributed by atoms with Crippen molar-refractivity contribution in [1.29, 1.82) is 0 Å². The van der Waals surface area contributed by atoms with Crippen LogP contribution in [0.4, 0.5) is 4.79 Å². The maximum atomic E-state index is 13.3. The van der Waals surface area contributed by atoms with Crippen LogP contribution in [0.5, 0.6) is 0 Å². The molecule has 50 heavy (non-hydrogen) atoms. The average Bonchev–Trinajstić information content (AvgIpc) is 3.53. The zero-order valence-corrected chi connectivity index (χ0v) is 30.4. The summed E-state index contributed by atoms with van der Waals surface area (Å²) in [5, 5.41) is 10.8. The molecule has 4 amide bonds. The van der Waals surface area contributed by atoms with E-state index in [2.05, 4.69) is 26.3 Å². The summed E-state index contributed by atoms with van der Waals surface area (Å²) in [5.41, 5.74) is -0.380. The number of nitrogens with one attached hydrogen (secondary N) is 5. The van der Waals surface area contributed by atoms with Crippen molar-refractivity contribution in [2.24, 2.45) is 5.41 Å². The molecule has 2 heterocycles. The number of ether oxygens (including phenoxy) is 1. The molecule has 2 aromatic rings. The van der Waals surface area contributed by atoms with Crippen LogP contribution in [0.15, 0.2) is 9.59 Å². The lowest BCUT2D eigenvalue weighted by Crippen LogP contribution is -2.45. The summed E-state index contributed by atoms with van der Waals surface area (Å²) < 4.78 is 8.08. The van der Waals surface area contributed by atoms with E-state index < -0.39 is 11.7 Å². The standard InChI is InChI=1S/C35H56N8O7/c1-6-22-42-28-27(29(47)43(23-7-2)32(42)49)40-30(41-28)35-15-12-34(13-16-35,14-17-35)11-8-24(44)37-20-21-38-26(46)9-18-36-25(45)10-19-39-31(48)50-33(3,4)5/h6-23H2,1-5H3,(H,36,45)(H,37,44)(H,38,46)(H,39,48)(H,40,41). The number of carbonyl (C=O) groups is 4. The number of aromatic amines is 1. The van der Waals surface area contributed by atoms with Gasteiger partial charge in [-0.1, -0.05) is 13.8 Å². The first-order valence-corrected chi connectivity index (χ1v) is 18.2. The van der Waals surface area contributed by atoms with Gasteiger partial charge in [0.05, 0.1) is 0 Å². The van der Waals surface area contributed by atoms with Crippen molar-refractivity contribution in [2.45, 2.75) is 136 Å². The van der Waals surface area contributed by atoms with Gasteiger partial charge in [0.2, 0.25) is 17.7 Å². The van der Waals surface area contributed by atoms with E-state index in [-0.39, 0.29) is 65.7 Å². The van der Waals surface area contributed by atoms with Crippen molar-refractivity contribution in [3.63, 3.8) is 0 Å². The molecule has 0 saturated heterocycles. The van der Waals surface area contributed by atoms with E-state index in [9.17, 15) is 28.8 Å². The Bertz CT molecular complexity index is 1630. The molecular weight excluding hydrogens is 644 g/mol. The number of nitrogens with zero attached hydrogens (tertiary/aromatic N) is 3. The van der Waals surface area contributed by atoms with Gasteiger partial charge in [-0.2, -0.15) is 0 Å². The number of aromatic nitrogens is 4. The highest BCUT2D eigenvalue weighted by atomic mass is 16.6. The highest BCUT2D eigenvalue weighted by Crippen LogP contribution is 2.59. The van der Waals surface area contributed by atoms with E-state index in [1.807, 2.05) is 13.8 Å². The van der Waals surface area contributed by atoms with E-state index in [4.69, 9.17) is 9.72 Å². The van der Waals surface area contributed by atoms with Crippen molar-refractivity contribution >= 4 is 35.0 Å². The largest absolute Gasteiger partial charge is 0.444 e. The lowest BCUT2D eigenvalue weighted by molar-refractivity contribution is -0.124. The fraction of sp³-hybridized carbons (Fsp3) is 0.743. The highest BCUT2D eigenvalue weighted by Gasteiger charge is 2.50. The zero-order chi connectivity index (χ0) is 36.5. The lowest BCUT2D eigenvalue weighted by Gasteiger charge is -2.52. The topological polar surface area (TPSA) is 198 Å². The van der Waals surface area contributed by atoms with Crippen molar-refractivity contribution in [3.05, 3.63) is 26.7 Å². The maximum absolute atomic E-state index is 13.3. The molecule has 0 atom stereocenters. The van der Waals surface area contributed by atoms with Crippen LogP contribution in [0.25, 0.3) is 11.2 Å². The summed E-state index contributed by atoms with van der Waals surface area (Å²) >= 11 is 0. The molecule has 15 heteroatoms. The fourth-order valence-corrected chi connectivity index (χ4v) is 7.21. The van der Waals surface area contributed by atoms with Crippen molar-refractivity contribution in [2.75, 3.05) is 26.2 Å². The van der Waals surface area contributed by atoms with Gasteiger partial charge in [0.25, 0.3) is 5.56 Å². The number of H-pyrrole nitrogens is 1.